The molecule has 174 valence electrons. The van der Waals surface area contributed by atoms with Gasteiger partial charge in [-0.1, -0.05) is 11.6 Å². The van der Waals surface area contributed by atoms with E-state index in [2.05, 4.69) is 20.6 Å². The minimum atomic E-state index is -0.342. The number of ether oxygens (including phenoxy) is 2. The van der Waals surface area contributed by atoms with E-state index in [0.717, 1.165) is 56.3 Å². The number of halogens is 1. The molecular weight excluding hydrogens is 442 g/mol. The molecule has 0 radical (unpaired) electrons. The monoisotopic (exact) mass is 469 g/mol. The summed E-state index contributed by atoms with van der Waals surface area (Å²) in [4.78, 5) is 14.8. The molecule has 1 saturated heterocycles. The van der Waals surface area contributed by atoms with Crippen LogP contribution in [0.5, 0.6) is 5.75 Å². The molecule has 2 heterocycles. The van der Waals surface area contributed by atoms with Gasteiger partial charge in [0, 0.05) is 61.4 Å². The van der Waals surface area contributed by atoms with Crippen molar-refractivity contribution in [1.82, 2.24) is 14.7 Å². The van der Waals surface area contributed by atoms with Crippen molar-refractivity contribution in [3.8, 4) is 17.0 Å². The van der Waals surface area contributed by atoms with Gasteiger partial charge in [-0.3, -0.25) is 9.58 Å². The number of carbonyl (C=O) groups excluding carboxylic acids is 1. The highest BCUT2D eigenvalue weighted by molar-refractivity contribution is 6.30. The van der Waals surface area contributed by atoms with Crippen LogP contribution in [0.15, 0.2) is 54.7 Å². The van der Waals surface area contributed by atoms with Crippen LogP contribution >= 0.6 is 11.6 Å². The summed E-state index contributed by atoms with van der Waals surface area (Å²) in [5.41, 5.74) is 3.06. The Hall–Kier alpha value is -3.07. The highest BCUT2D eigenvalue weighted by atomic mass is 35.5. The van der Waals surface area contributed by atoms with Crippen molar-refractivity contribution in [3.63, 3.8) is 0 Å². The van der Waals surface area contributed by atoms with E-state index in [0.29, 0.717) is 23.0 Å². The molecule has 0 atom stereocenters. The number of hydrogen-bond donors (Lipinski definition) is 2. The summed E-state index contributed by atoms with van der Waals surface area (Å²) in [6, 6.07) is 14.1. The lowest BCUT2D eigenvalue weighted by atomic mass is 10.1. The minimum absolute atomic E-state index is 0.342. The summed E-state index contributed by atoms with van der Waals surface area (Å²) in [7, 11) is 1.88. The molecular formula is C24H28ClN5O3. The third-order valence-electron chi connectivity index (χ3n) is 5.42. The van der Waals surface area contributed by atoms with Crippen LogP contribution in [0.1, 0.15) is 6.42 Å². The number of amides is 2. The molecule has 33 heavy (non-hydrogen) atoms. The lowest BCUT2D eigenvalue weighted by Gasteiger charge is -2.20. The molecule has 0 bridgehead atoms. The number of rotatable bonds is 7. The van der Waals surface area contributed by atoms with Gasteiger partial charge in [-0.2, -0.15) is 5.10 Å². The first-order valence-electron chi connectivity index (χ1n) is 11.0. The van der Waals surface area contributed by atoms with Crippen LogP contribution in [0.3, 0.4) is 0 Å². The van der Waals surface area contributed by atoms with Crippen molar-refractivity contribution in [2.24, 2.45) is 7.05 Å². The number of urea groups is 1. The number of benzene rings is 2. The molecule has 1 aliphatic heterocycles. The van der Waals surface area contributed by atoms with Gasteiger partial charge in [0.15, 0.2) is 0 Å². The molecule has 0 spiro atoms. The molecule has 1 fully saturated rings. The topological polar surface area (TPSA) is 80.7 Å². The fourth-order valence-corrected chi connectivity index (χ4v) is 3.83. The Kier molecular flexibility index (Phi) is 7.83. The summed E-state index contributed by atoms with van der Waals surface area (Å²) in [6.07, 6.45) is 2.78. The van der Waals surface area contributed by atoms with Crippen LogP contribution in [-0.2, 0) is 11.8 Å². The van der Waals surface area contributed by atoms with Crippen molar-refractivity contribution in [1.29, 1.82) is 0 Å². The van der Waals surface area contributed by atoms with Crippen LogP contribution in [-0.4, -0.2) is 60.2 Å². The van der Waals surface area contributed by atoms with E-state index >= 15 is 0 Å². The van der Waals surface area contributed by atoms with Crippen LogP contribution in [0, 0.1) is 0 Å². The summed E-state index contributed by atoms with van der Waals surface area (Å²) >= 11 is 5.90. The van der Waals surface area contributed by atoms with Gasteiger partial charge in [-0.15, -0.1) is 0 Å². The molecule has 3 aromatic rings. The molecule has 1 aliphatic rings. The van der Waals surface area contributed by atoms with Gasteiger partial charge in [-0.25, -0.2) is 4.79 Å². The Bertz CT molecular complexity index is 1060. The summed E-state index contributed by atoms with van der Waals surface area (Å²) in [5, 5.41) is 10.6. The van der Waals surface area contributed by atoms with E-state index in [4.69, 9.17) is 21.1 Å². The van der Waals surface area contributed by atoms with Gasteiger partial charge in [0.1, 0.15) is 12.4 Å². The van der Waals surface area contributed by atoms with Crippen molar-refractivity contribution < 1.29 is 14.3 Å². The Morgan fingerprint density at radius 2 is 1.88 bits per heavy atom. The minimum Gasteiger partial charge on any atom is -0.492 e. The maximum atomic E-state index is 12.5. The number of carbonyl (C=O) groups is 1. The zero-order chi connectivity index (χ0) is 23.0. The first-order valence-corrected chi connectivity index (χ1v) is 11.4. The van der Waals surface area contributed by atoms with Crippen LogP contribution in [0.25, 0.3) is 11.3 Å². The first kappa shape index (κ1) is 23.1. The summed E-state index contributed by atoms with van der Waals surface area (Å²) in [5.74, 6) is 0.744. The lowest BCUT2D eigenvalue weighted by Crippen LogP contribution is -2.30. The maximum Gasteiger partial charge on any atom is 0.323 e. The fourth-order valence-electron chi connectivity index (χ4n) is 3.70. The number of nitrogens with one attached hydrogen (secondary N) is 2. The smallest absolute Gasteiger partial charge is 0.323 e. The largest absolute Gasteiger partial charge is 0.492 e. The van der Waals surface area contributed by atoms with E-state index in [-0.39, 0.29) is 6.03 Å². The van der Waals surface area contributed by atoms with Gasteiger partial charge in [0.05, 0.1) is 12.3 Å². The maximum absolute atomic E-state index is 12.5. The molecule has 2 amide bonds. The Morgan fingerprint density at radius 1 is 1.09 bits per heavy atom. The van der Waals surface area contributed by atoms with Crippen LogP contribution in [0.2, 0.25) is 5.02 Å². The molecule has 0 unspecified atom stereocenters. The van der Waals surface area contributed by atoms with Crippen molar-refractivity contribution in [2.45, 2.75) is 6.42 Å². The third kappa shape index (κ3) is 6.47. The van der Waals surface area contributed by atoms with Crippen LogP contribution < -0.4 is 15.4 Å². The van der Waals surface area contributed by atoms with Gasteiger partial charge in [0.25, 0.3) is 0 Å². The average Bonchev–Trinajstić information content (AvgIpc) is 3.06. The zero-order valence-electron chi connectivity index (χ0n) is 18.6. The molecule has 2 N–H and O–H groups in total. The molecule has 0 aliphatic carbocycles. The Labute approximate surface area is 198 Å². The van der Waals surface area contributed by atoms with E-state index in [9.17, 15) is 4.79 Å². The second kappa shape index (κ2) is 11.2. The zero-order valence-corrected chi connectivity index (χ0v) is 19.3. The molecule has 2 aromatic carbocycles. The number of hydrogen-bond acceptors (Lipinski definition) is 5. The van der Waals surface area contributed by atoms with Crippen molar-refractivity contribution in [2.75, 3.05) is 50.1 Å². The molecule has 1 aromatic heterocycles. The predicted octanol–water partition coefficient (Wildman–Crippen LogP) is 4.49. The molecule has 9 heteroatoms. The number of nitrogens with zero attached hydrogens (tertiary/aromatic N) is 3. The molecule has 8 nitrogen and oxygen atoms in total. The normalized spacial score (nSPS) is 14.5. The highest BCUT2D eigenvalue weighted by Crippen LogP contribution is 2.32. The van der Waals surface area contributed by atoms with Gasteiger partial charge < -0.3 is 20.1 Å². The SMILES string of the molecule is Cn1nccc1-c1cc(NC(=O)Nc2ccc(Cl)cc2)ccc1OCCN1CCCOCC1. The standard InChI is InChI=1S/C24H28ClN5O3/c1-29-22(9-10-26-29)21-17-20(28-24(31)27-19-5-3-18(25)4-6-19)7-8-23(21)33-16-13-30-11-2-14-32-15-12-30/h3-10,17H,2,11-16H2,1H3,(H2,27,28,31). The quantitative estimate of drug-likeness (QED) is 0.533. The van der Waals surface area contributed by atoms with Crippen molar-refractivity contribution in [3.05, 3.63) is 59.8 Å². The molecule has 0 saturated carbocycles. The number of aryl methyl sites for hydroxylation is 1. The fraction of sp³-hybridized carbons (Fsp3) is 0.333. The predicted molar refractivity (Wildman–Crippen MR) is 130 cm³/mol. The van der Waals surface area contributed by atoms with Gasteiger partial charge >= 0.3 is 6.03 Å². The second-order valence-corrected chi connectivity index (χ2v) is 8.23. The van der Waals surface area contributed by atoms with E-state index < -0.39 is 0 Å². The Morgan fingerprint density at radius 3 is 2.67 bits per heavy atom. The summed E-state index contributed by atoms with van der Waals surface area (Å²) in [6.45, 7) is 4.92. The first-order chi connectivity index (χ1) is 16.1. The number of anilines is 2. The van der Waals surface area contributed by atoms with Crippen molar-refractivity contribution >= 4 is 29.0 Å². The number of aromatic nitrogens is 2. The van der Waals surface area contributed by atoms with Gasteiger partial charge in [-0.05, 0) is 55.0 Å². The van der Waals surface area contributed by atoms with E-state index in [1.807, 2.05) is 31.3 Å². The summed E-state index contributed by atoms with van der Waals surface area (Å²) < 4.78 is 13.5. The highest BCUT2D eigenvalue weighted by Gasteiger charge is 2.14. The third-order valence-corrected chi connectivity index (χ3v) is 5.67. The lowest BCUT2D eigenvalue weighted by molar-refractivity contribution is 0.137. The Balaban J connectivity index is 1.45. The van der Waals surface area contributed by atoms with Gasteiger partial charge in [0.2, 0.25) is 0 Å². The van der Waals surface area contributed by atoms with E-state index in [1.54, 1.807) is 35.1 Å². The average molecular weight is 470 g/mol. The van der Waals surface area contributed by atoms with E-state index in [1.165, 1.54) is 0 Å². The van der Waals surface area contributed by atoms with Crippen LogP contribution in [0.4, 0.5) is 16.2 Å². The molecule has 4 rings (SSSR count). The second-order valence-electron chi connectivity index (χ2n) is 7.79.